The summed E-state index contributed by atoms with van der Waals surface area (Å²) in [5.74, 6) is 1.01. The van der Waals surface area contributed by atoms with Gasteiger partial charge in [-0.1, -0.05) is 25.7 Å². The Bertz CT molecular complexity index is 245. The maximum absolute atomic E-state index is 6.52. The van der Waals surface area contributed by atoms with E-state index >= 15 is 0 Å². The van der Waals surface area contributed by atoms with Gasteiger partial charge in [0.2, 0.25) is 0 Å². The molecule has 2 aliphatic carbocycles. The summed E-state index contributed by atoms with van der Waals surface area (Å²) in [7, 11) is 0. The van der Waals surface area contributed by atoms with Crippen LogP contribution < -0.4 is 5.73 Å². The first-order valence-corrected chi connectivity index (χ1v) is 7.30. The van der Waals surface area contributed by atoms with Gasteiger partial charge in [-0.25, -0.2) is 0 Å². The highest BCUT2D eigenvalue weighted by molar-refractivity contribution is 4.97. The van der Waals surface area contributed by atoms with Crippen LogP contribution in [0.1, 0.15) is 57.8 Å². The van der Waals surface area contributed by atoms with Crippen LogP contribution in [0.5, 0.6) is 0 Å². The lowest BCUT2D eigenvalue weighted by molar-refractivity contribution is 0.148. The Morgan fingerprint density at radius 1 is 1.00 bits per heavy atom. The molecule has 3 fully saturated rings. The third kappa shape index (κ3) is 2.02. The van der Waals surface area contributed by atoms with Crippen LogP contribution >= 0.6 is 0 Å². The fraction of sp³-hybridized carbons (Fsp3) is 1.00. The molecule has 2 atom stereocenters. The molecule has 0 aromatic heterocycles. The third-order valence-corrected chi connectivity index (χ3v) is 5.24. The van der Waals surface area contributed by atoms with E-state index in [1.54, 1.807) is 0 Å². The largest absolute Gasteiger partial charge is 0.324 e. The fourth-order valence-corrected chi connectivity index (χ4v) is 4.34. The second-order valence-electron chi connectivity index (χ2n) is 6.44. The van der Waals surface area contributed by atoms with Crippen LogP contribution in [0.25, 0.3) is 0 Å². The number of likely N-dealkylation sites (tertiary alicyclic amines) is 1. The molecule has 2 unspecified atom stereocenters. The number of nitrogens with two attached hydrogens (primary N) is 1. The Balaban J connectivity index is 1.62. The van der Waals surface area contributed by atoms with E-state index in [1.165, 1.54) is 70.9 Å². The zero-order chi connectivity index (χ0) is 11.0. The van der Waals surface area contributed by atoms with E-state index in [9.17, 15) is 0 Å². The van der Waals surface area contributed by atoms with E-state index in [4.69, 9.17) is 5.73 Å². The van der Waals surface area contributed by atoms with Crippen molar-refractivity contribution in [1.29, 1.82) is 0 Å². The molecule has 1 aliphatic heterocycles. The summed E-state index contributed by atoms with van der Waals surface area (Å²) in [5, 5.41) is 0. The van der Waals surface area contributed by atoms with Crippen LogP contribution in [0.3, 0.4) is 0 Å². The molecule has 0 aromatic carbocycles. The highest BCUT2D eigenvalue weighted by atomic mass is 15.2. The molecule has 2 nitrogen and oxygen atoms in total. The quantitative estimate of drug-likeness (QED) is 0.778. The lowest BCUT2D eigenvalue weighted by atomic mass is 9.85. The summed E-state index contributed by atoms with van der Waals surface area (Å²) in [6, 6.07) is 0.898. The monoisotopic (exact) mass is 222 g/mol. The second-order valence-corrected chi connectivity index (χ2v) is 6.44. The van der Waals surface area contributed by atoms with Crippen LogP contribution in [0, 0.1) is 5.92 Å². The summed E-state index contributed by atoms with van der Waals surface area (Å²) >= 11 is 0. The van der Waals surface area contributed by atoms with Gasteiger partial charge in [-0.3, -0.25) is 4.90 Å². The van der Waals surface area contributed by atoms with Crippen LogP contribution in [-0.2, 0) is 0 Å². The SMILES string of the molecule is NC1(CN2CCC3CCCCC32)CCCC1. The van der Waals surface area contributed by atoms with Crippen LogP contribution in [-0.4, -0.2) is 29.6 Å². The first-order chi connectivity index (χ1) is 7.77. The highest BCUT2D eigenvalue weighted by Gasteiger charge is 2.40. The first-order valence-electron chi connectivity index (χ1n) is 7.30. The Labute approximate surface area is 99.6 Å². The van der Waals surface area contributed by atoms with Crippen molar-refractivity contribution in [3.63, 3.8) is 0 Å². The molecule has 2 saturated carbocycles. The molecular weight excluding hydrogens is 196 g/mol. The molecule has 1 saturated heterocycles. The number of rotatable bonds is 2. The van der Waals surface area contributed by atoms with Crippen LogP contribution in [0.15, 0.2) is 0 Å². The van der Waals surface area contributed by atoms with E-state index in [0.29, 0.717) is 0 Å². The van der Waals surface area contributed by atoms with Gasteiger partial charge in [0.15, 0.2) is 0 Å². The molecule has 0 amide bonds. The summed E-state index contributed by atoms with van der Waals surface area (Å²) < 4.78 is 0. The van der Waals surface area contributed by atoms with Crippen molar-refractivity contribution >= 4 is 0 Å². The van der Waals surface area contributed by atoms with Gasteiger partial charge in [0.1, 0.15) is 0 Å². The van der Waals surface area contributed by atoms with Crippen LogP contribution in [0.2, 0.25) is 0 Å². The van der Waals surface area contributed by atoms with Gasteiger partial charge in [0.05, 0.1) is 0 Å². The molecule has 1 heterocycles. The molecule has 3 aliphatic rings. The first kappa shape index (κ1) is 11.0. The number of hydrogen-bond donors (Lipinski definition) is 1. The Morgan fingerprint density at radius 2 is 1.75 bits per heavy atom. The summed E-state index contributed by atoms with van der Waals surface area (Å²) in [5.41, 5.74) is 6.69. The molecule has 2 heteroatoms. The van der Waals surface area contributed by atoms with Gasteiger partial charge in [0.25, 0.3) is 0 Å². The van der Waals surface area contributed by atoms with Crippen molar-refractivity contribution in [3.05, 3.63) is 0 Å². The normalized spacial score (nSPS) is 38.8. The van der Waals surface area contributed by atoms with E-state index < -0.39 is 0 Å². The lowest BCUT2D eigenvalue weighted by Gasteiger charge is -2.36. The van der Waals surface area contributed by atoms with Gasteiger partial charge in [-0.15, -0.1) is 0 Å². The number of nitrogens with zero attached hydrogens (tertiary/aromatic N) is 1. The smallest absolute Gasteiger partial charge is 0.0283 e. The van der Waals surface area contributed by atoms with Crippen molar-refractivity contribution in [2.24, 2.45) is 11.7 Å². The summed E-state index contributed by atoms with van der Waals surface area (Å²) in [4.78, 5) is 2.75. The van der Waals surface area contributed by atoms with E-state index in [0.717, 1.165) is 12.0 Å². The number of hydrogen-bond acceptors (Lipinski definition) is 2. The van der Waals surface area contributed by atoms with Crippen molar-refractivity contribution in [2.45, 2.75) is 69.4 Å². The molecule has 0 bridgehead atoms. The topological polar surface area (TPSA) is 29.3 Å². The van der Waals surface area contributed by atoms with Gasteiger partial charge in [-0.05, 0) is 44.6 Å². The summed E-state index contributed by atoms with van der Waals surface area (Å²) in [6.07, 6.45) is 12.6. The fourth-order valence-electron chi connectivity index (χ4n) is 4.34. The Kier molecular flexibility index (Phi) is 2.97. The molecule has 0 aromatic rings. The third-order valence-electron chi connectivity index (χ3n) is 5.24. The van der Waals surface area contributed by atoms with Gasteiger partial charge >= 0.3 is 0 Å². The van der Waals surface area contributed by atoms with Gasteiger partial charge in [-0.2, -0.15) is 0 Å². The minimum atomic E-state index is 0.173. The van der Waals surface area contributed by atoms with Crippen LogP contribution in [0.4, 0.5) is 0 Å². The minimum Gasteiger partial charge on any atom is -0.324 e. The molecule has 0 radical (unpaired) electrons. The average Bonchev–Trinajstić information content (AvgIpc) is 2.87. The van der Waals surface area contributed by atoms with Crippen molar-refractivity contribution in [3.8, 4) is 0 Å². The molecule has 0 spiro atoms. The molecule has 16 heavy (non-hydrogen) atoms. The van der Waals surface area contributed by atoms with E-state index in [1.807, 2.05) is 0 Å². The average molecular weight is 222 g/mol. The number of fused-ring (bicyclic) bond motifs is 1. The maximum atomic E-state index is 6.52. The van der Waals surface area contributed by atoms with Gasteiger partial charge in [0, 0.05) is 18.1 Å². The molecular formula is C14H26N2. The minimum absolute atomic E-state index is 0.173. The zero-order valence-electron chi connectivity index (χ0n) is 10.5. The Morgan fingerprint density at radius 3 is 2.56 bits per heavy atom. The van der Waals surface area contributed by atoms with Crippen molar-refractivity contribution < 1.29 is 0 Å². The highest BCUT2D eigenvalue weighted by Crippen LogP contribution is 2.38. The molecule has 3 rings (SSSR count). The standard InChI is InChI=1S/C14H26N2/c15-14(8-3-4-9-14)11-16-10-7-12-5-1-2-6-13(12)16/h12-13H,1-11,15H2. The second kappa shape index (κ2) is 4.30. The molecule has 2 N–H and O–H groups in total. The van der Waals surface area contributed by atoms with Crippen molar-refractivity contribution in [1.82, 2.24) is 4.90 Å². The predicted octanol–water partition coefficient (Wildman–Crippen LogP) is 2.52. The predicted molar refractivity (Wildman–Crippen MR) is 67.3 cm³/mol. The van der Waals surface area contributed by atoms with E-state index in [-0.39, 0.29) is 5.54 Å². The maximum Gasteiger partial charge on any atom is 0.0283 e. The molecule has 92 valence electrons. The van der Waals surface area contributed by atoms with Gasteiger partial charge < -0.3 is 5.73 Å². The van der Waals surface area contributed by atoms with Crippen molar-refractivity contribution in [2.75, 3.05) is 13.1 Å². The lowest BCUT2D eigenvalue weighted by Crippen LogP contribution is -2.50. The zero-order valence-corrected chi connectivity index (χ0v) is 10.5. The summed E-state index contributed by atoms with van der Waals surface area (Å²) in [6.45, 7) is 2.52. The Hall–Kier alpha value is -0.0800. The van der Waals surface area contributed by atoms with E-state index in [2.05, 4.69) is 4.90 Å².